The summed E-state index contributed by atoms with van der Waals surface area (Å²) in [7, 11) is -1.70. The van der Waals surface area contributed by atoms with E-state index in [4.69, 9.17) is 18.9 Å². The summed E-state index contributed by atoms with van der Waals surface area (Å²) < 4.78 is 18.7. The van der Waals surface area contributed by atoms with Crippen molar-refractivity contribution in [3.8, 4) is 22.9 Å². The third kappa shape index (κ3) is 7.37. The Bertz CT molecular complexity index is 1400. The molecule has 0 aliphatic carbocycles. The molecule has 2 heterocycles. The lowest BCUT2D eigenvalue weighted by molar-refractivity contribution is 0.203. The van der Waals surface area contributed by atoms with Crippen LogP contribution in [0, 0.1) is 5.92 Å². The first-order valence-corrected chi connectivity index (χ1v) is 17.4. The van der Waals surface area contributed by atoms with Crippen LogP contribution in [0.25, 0.3) is 11.1 Å². The Labute approximate surface area is 246 Å². The third-order valence-electron chi connectivity index (χ3n) is 8.27. The summed E-state index contributed by atoms with van der Waals surface area (Å²) in [6.45, 7) is 15.4. The number of anilines is 1. The Morgan fingerprint density at radius 2 is 1.34 bits per heavy atom. The van der Waals surface area contributed by atoms with Crippen molar-refractivity contribution in [2.24, 2.45) is 5.92 Å². The van der Waals surface area contributed by atoms with Crippen LogP contribution in [0.1, 0.15) is 31.9 Å². The number of rotatable bonds is 11. The molecular weight excluding hydrogens is 524 g/mol. The maximum atomic E-state index is 6.46. The third-order valence-corrected chi connectivity index (χ3v) is 12.8. The van der Waals surface area contributed by atoms with E-state index in [1.165, 1.54) is 5.69 Å². The molecule has 0 atom stereocenters. The van der Waals surface area contributed by atoms with Gasteiger partial charge in [-0.3, -0.25) is 0 Å². The minimum absolute atomic E-state index is 0.247. The monoisotopic (exact) mass is 566 g/mol. The van der Waals surface area contributed by atoms with Crippen LogP contribution >= 0.6 is 0 Å². The maximum absolute atomic E-state index is 6.46. The molecule has 0 saturated carbocycles. The highest BCUT2D eigenvalue weighted by molar-refractivity contribution is 6.74. The Balaban J connectivity index is 1.25. The van der Waals surface area contributed by atoms with E-state index in [9.17, 15) is 0 Å². The Morgan fingerprint density at radius 1 is 0.756 bits per heavy atom. The SMILES string of the molecule is CC(C)(C)[Si](C)(C)OCC1CN(c2ccc(-c3ccc(OCc4ccccc4)nc3OCc3ccccc3)cc2)C1. The molecule has 214 valence electrons. The van der Waals surface area contributed by atoms with Gasteiger partial charge in [0, 0.05) is 42.9 Å². The largest absolute Gasteiger partial charge is 0.473 e. The van der Waals surface area contributed by atoms with Gasteiger partial charge in [-0.05, 0) is 53.0 Å². The zero-order chi connectivity index (χ0) is 28.9. The van der Waals surface area contributed by atoms with Gasteiger partial charge in [-0.15, -0.1) is 0 Å². The van der Waals surface area contributed by atoms with Gasteiger partial charge in [0.05, 0.1) is 0 Å². The predicted octanol–water partition coefficient (Wildman–Crippen LogP) is 8.36. The Morgan fingerprint density at radius 3 is 1.93 bits per heavy atom. The Hall–Kier alpha value is -3.61. The van der Waals surface area contributed by atoms with Crippen LogP contribution < -0.4 is 14.4 Å². The van der Waals surface area contributed by atoms with Gasteiger partial charge >= 0.3 is 0 Å². The number of pyridine rings is 1. The fraction of sp³-hybridized carbons (Fsp3) is 0.343. The molecule has 0 radical (unpaired) electrons. The molecule has 41 heavy (non-hydrogen) atoms. The molecule has 6 heteroatoms. The lowest BCUT2D eigenvalue weighted by atomic mass is 9.99. The summed E-state index contributed by atoms with van der Waals surface area (Å²) in [6.07, 6.45) is 0. The summed E-state index contributed by atoms with van der Waals surface area (Å²) >= 11 is 0. The van der Waals surface area contributed by atoms with E-state index in [0.717, 1.165) is 42.0 Å². The summed E-state index contributed by atoms with van der Waals surface area (Å²) in [4.78, 5) is 7.19. The van der Waals surface area contributed by atoms with Gasteiger partial charge in [0.25, 0.3) is 0 Å². The van der Waals surface area contributed by atoms with Gasteiger partial charge in [-0.2, -0.15) is 4.98 Å². The van der Waals surface area contributed by atoms with Crippen LogP contribution in [0.4, 0.5) is 5.69 Å². The highest BCUT2D eigenvalue weighted by Gasteiger charge is 2.38. The van der Waals surface area contributed by atoms with Crippen LogP contribution in [0.2, 0.25) is 18.1 Å². The van der Waals surface area contributed by atoms with E-state index in [0.29, 0.717) is 30.9 Å². The number of hydrogen-bond donors (Lipinski definition) is 0. The van der Waals surface area contributed by atoms with Gasteiger partial charge in [-0.1, -0.05) is 93.6 Å². The predicted molar refractivity (Wildman–Crippen MR) is 170 cm³/mol. The molecule has 1 fully saturated rings. The van der Waals surface area contributed by atoms with Gasteiger partial charge in [0.1, 0.15) is 13.2 Å². The highest BCUT2D eigenvalue weighted by atomic mass is 28.4. The van der Waals surface area contributed by atoms with Gasteiger partial charge in [-0.25, -0.2) is 0 Å². The van der Waals surface area contributed by atoms with E-state index in [2.05, 4.69) is 75.2 Å². The average molecular weight is 567 g/mol. The topological polar surface area (TPSA) is 43.8 Å². The number of hydrogen-bond acceptors (Lipinski definition) is 5. The first-order chi connectivity index (χ1) is 19.7. The first kappa shape index (κ1) is 28.9. The van der Waals surface area contributed by atoms with Crippen molar-refractivity contribution in [3.63, 3.8) is 0 Å². The number of benzene rings is 3. The van der Waals surface area contributed by atoms with Crippen molar-refractivity contribution >= 4 is 14.0 Å². The smallest absolute Gasteiger partial charge is 0.225 e. The van der Waals surface area contributed by atoms with E-state index < -0.39 is 8.32 Å². The molecule has 1 aromatic heterocycles. The van der Waals surface area contributed by atoms with Crippen molar-refractivity contribution in [1.29, 1.82) is 0 Å². The van der Waals surface area contributed by atoms with Crippen LogP contribution in [0.5, 0.6) is 11.8 Å². The minimum Gasteiger partial charge on any atom is -0.473 e. The molecular formula is C35H42N2O3Si. The zero-order valence-electron chi connectivity index (χ0n) is 25.0. The van der Waals surface area contributed by atoms with E-state index >= 15 is 0 Å². The number of ether oxygens (including phenoxy) is 2. The average Bonchev–Trinajstić information content (AvgIpc) is 2.95. The normalized spacial score (nSPS) is 14.0. The van der Waals surface area contributed by atoms with E-state index in [1.807, 2.05) is 60.7 Å². The molecule has 4 aromatic rings. The van der Waals surface area contributed by atoms with E-state index in [1.54, 1.807) is 0 Å². The molecule has 0 amide bonds. The molecule has 1 saturated heterocycles. The van der Waals surface area contributed by atoms with E-state index in [-0.39, 0.29) is 5.04 Å². The molecule has 0 unspecified atom stereocenters. The summed E-state index contributed by atoms with van der Waals surface area (Å²) in [5.41, 5.74) is 5.44. The lowest BCUT2D eigenvalue weighted by Gasteiger charge is -2.44. The fourth-order valence-corrected chi connectivity index (χ4v) is 5.66. The van der Waals surface area contributed by atoms with Crippen molar-refractivity contribution in [1.82, 2.24) is 4.98 Å². The maximum Gasteiger partial charge on any atom is 0.225 e. The van der Waals surface area contributed by atoms with Crippen molar-refractivity contribution in [2.75, 3.05) is 24.6 Å². The molecule has 0 bridgehead atoms. The van der Waals surface area contributed by atoms with Crippen LogP contribution in [-0.2, 0) is 17.6 Å². The second kappa shape index (κ2) is 12.5. The second-order valence-corrected chi connectivity index (χ2v) is 17.2. The zero-order valence-corrected chi connectivity index (χ0v) is 26.0. The van der Waals surface area contributed by atoms with Gasteiger partial charge in [0.15, 0.2) is 8.32 Å². The van der Waals surface area contributed by atoms with Crippen molar-refractivity contribution in [3.05, 3.63) is 108 Å². The molecule has 1 aliphatic rings. The molecule has 5 nitrogen and oxygen atoms in total. The standard InChI is InChI=1S/C35H42N2O3Si/c1-35(2,3)41(4,5)40-26-29-22-37(23-29)31-18-16-30(17-19-31)32-20-21-33(38-24-27-12-8-6-9-13-27)36-34(32)39-25-28-14-10-7-11-15-28/h6-21,29H,22-26H2,1-5H3. The number of nitrogens with zero attached hydrogens (tertiary/aromatic N) is 2. The molecule has 1 aliphatic heterocycles. The summed E-state index contributed by atoms with van der Waals surface area (Å²) in [6, 6.07) is 32.9. The molecule has 0 N–H and O–H groups in total. The minimum atomic E-state index is -1.70. The number of aromatic nitrogens is 1. The van der Waals surface area contributed by atoms with Gasteiger partial charge < -0.3 is 18.8 Å². The highest BCUT2D eigenvalue weighted by Crippen LogP contribution is 2.38. The lowest BCUT2D eigenvalue weighted by Crippen LogP contribution is -2.51. The van der Waals surface area contributed by atoms with Crippen LogP contribution in [-0.4, -0.2) is 33.0 Å². The Kier molecular flexibility index (Phi) is 8.81. The molecule has 3 aromatic carbocycles. The van der Waals surface area contributed by atoms with Crippen molar-refractivity contribution < 1.29 is 13.9 Å². The van der Waals surface area contributed by atoms with Crippen molar-refractivity contribution in [2.45, 2.75) is 52.1 Å². The summed E-state index contributed by atoms with van der Waals surface area (Å²) in [5, 5.41) is 0.247. The quantitative estimate of drug-likeness (QED) is 0.171. The first-order valence-electron chi connectivity index (χ1n) is 14.5. The second-order valence-electron chi connectivity index (χ2n) is 12.4. The van der Waals surface area contributed by atoms with Crippen LogP contribution in [0.3, 0.4) is 0 Å². The molecule has 5 rings (SSSR count). The molecule has 0 spiro atoms. The fourth-order valence-electron chi connectivity index (χ4n) is 4.57. The van der Waals surface area contributed by atoms with Gasteiger partial charge in [0.2, 0.25) is 11.8 Å². The summed E-state index contributed by atoms with van der Waals surface area (Å²) in [5.74, 6) is 1.71. The van der Waals surface area contributed by atoms with Crippen LogP contribution in [0.15, 0.2) is 97.1 Å².